The van der Waals surface area contributed by atoms with Crippen LogP contribution < -0.4 is 10.6 Å². The van der Waals surface area contributed by atoms with Gasteiger partial charge in [-0.3, -0.25) is 9.48 Å². The molecule has 0 bridgehead atoms. The highest BCUT2D eigenvalue weighted by atomic mass is 35.5. The van der Waals surface area contributed by atoms with Crippen molar-refractivity contribution in [2.45, 2.75) is 32.2 Å². The molecule has 0 aliphatic carbocycles. The molecular weight excluding hydrogens is 240 g/mol. The number of piperidine rings is 1. The standard InChI is InChI=1S/C11H18N4O.ClH/c1-8-10(7-13-15(8)2)14-11(16)9-5-3-4-6-12-9;/h7,9,12H,3-6H2,1-2H3,(H,14,16);1H. The summed E-state index contributed by atoms with van der Waals surface area (Å²) in [5.74, 6) is 0.0517. The average molecular weight is 259 g/mol. The zero-order valence-electron chi connectivity index (χ0n) is 10.2. The number of carbonyl (C=O) groups excluding carboxylic acids is 1. The highest BCUT2D eigenvalue weighted by Crippen LogP contribution is 2.14. The lowest BCUT2D eigenvalue weighted by Crippen LogP contribution is -2.43. The number of hydrogen-bond acceptors (Lipinski definition) is 3. The van der Waals surface area contributed by atoms with Crippen molar-refractivity contribution < 1.29 is 4.79 Å². The van der Waals surface area contributed by atoms with Crippen LogP contribution in [0.3, 0.4) is 0 Å². The summed E-state index contributed by atoms with van der Waals surface area (Å²) in [5, 5.41) is 10.2. The number of nitrogens with one attached hydrogen (secondary N) is 2. The minimum absolute atomic E-state index is 0. The van der Waals surface area contributed by atoms with Crippen molar-refractivity contribution in [2.75, 3.05) is 11.9 Å². The fourth-order valence-electron chi connectivity index (χ4n) is 1.92. The maximum absolute atomic E-state index is 11.9. The van der Waals surface area contributed by atoms with E-state index in [1.54, 1.807) is 10.9 Å². The van der Waals surface area contributed by atoms with Gasteiger partial charge in [0.05, 0.1) is 23.6 Å². The van der Waals surface area contributed by atoms with E-state index in [9.17, 15) is 4.79 Å². The fraction of sp³-hybridized carbons (Fsp3) is 0.636. The van der Waals surface area contributed by atoms with Crippen molar-refractivity contribution in [3.63, 3.8) is 0 Å². The summed E-state index contributed by atoms with van der Waals surface area (Å²) in [6.45, 7) is 2.88. The van der Waals surface area contributed by atoms with Crippen molar-refractivity contribution in [2.24, 2.45) is 7.05 Å². The van der Waals surface area contributed by atoms with Crippen molar-refractivity contribution in [1.82, 2.24) is 15.1 Å². The second-order valence-corrected chi connectivity index (χ2v) is 4.26. The van der Waals surface area contributed by atoms with E-state index in [-0.39, 0.29) is 24.4 Å². The van der Waals surface area contributed by atoms with Gasteiger partial charge in [-0.25, -0.2) is 0 Å². The first-order valence-corrected chi connectivity index (χ1v) is 5.71. The van der Waals surface area contributed by atoms with Crippen LogP contribution in [0.2, 0.25) is 0 Å². The average Bonchev–Trinajstić information content (AvgIpc) is 2.62. The highest BCUT2D eigenvalue weighted by molar-refractivity contribution is 5.95. The van der Waals surface area contributed by atoms with Gasteiger partial charge in [-0.1, -0.05) is 6.42 Å². The summed E-state index contributed by atoms with van der Waals surface area (Å²) in [5.41, 5.74) is 1.78. The number of aryl methyl sites for hydroxylation is 1. The predicted molar refractivity (Wildman–Crippen MR) is 69.5 cm³/mol. The van der Waals surface area contributed by atoms with E-state index < -0.39 is 0 Å². The molecule has 1 saturated heterocycles. The van der Waals surface area contributed by atoms with Gasteiger partial charge in [-0.2, -0.15) is 5.10 Å². The molecule has 2 heterocycles. The van der Waals surface area contributed by atoms with Gasteiger partial charge in [0, 0.05) is 7.05 Å². The Balaban J connectivity index is 0.00000144. The quantitative estimate of drug-likeness (QED) is 0.839. The van der Waals surface area contributed by atoms with Gasteiger partial charge < -0.3 is 10.6 Å². The first-order valence-electron chi connectivity index (χ1n) is 5.71. The molecule has 1 aliphatic rings. The molecule has 0 saturated carbocycles. The van der Waals surface area contributed by atoms with Crippen LogP contribution in [-0.2, 0) is 11.8 Å². The summed E-state index contributed by atoms with van der Waals surface area (Å²) >= 11 is 0. The van der Waals surface area contributed by atoms with E-state index in [0.717, 1.165) is 37.2 Å². The Labute approximate surface area is 107 Å². The molecule has 2 N–H and O–H groups in total. The van der Waals surface area contributed by atoms with Crippen molar-refractivity contribution >= 4 is 24.0 Å². The molecule has 6 heteroatoms. The van der Waals surface area contributed by atoms with Crippen LogP contribution in [0.15, 0.2) is 6.20 Å². The molecule has 1 unspecified atom stereocenters. The molecule has 1 amide bonds. The largest absolute Gasteiger partial charge is 0.322 e. The number of aromatic nitrogens is 2. The molecule has 5 nitrogen and oxygen atoms in total. The zero-order valence-corrected chi connectivity index (χ0v) is 11.0. The van der Waals surface area contributed by atoms with Crippen LogP contribution in [-0.4, -0.2) is 28.3 Å². The van der Waals surface area contributed by atoms with Crippen LogP contribution >= 0.6 is 12.4 Å². The van der Waals surface area contributed by atoms with Gasteiger partial charge in [0.15, 0.2) is 0 Å². The Morgan fingerprint density at radius 3 is 2.88 bits per heavy atom. The highest BCUT2D eigenvalue weighted by Gasteiger charge is 2.21. The van der Waals surface area contributed by atoms with E-state index >= 15 is 0 Å². The van der Waals surface area contributed by atoms with Crippen molar-refractivity contribution in [1.29, 1.82) is 0 Å². The van der Waals surface area contributed by atoms with Crippen LogP contribution in [0.25, 0.3) is 0 Å². The summed E-state index contributed by atoms with van der Waals surface area (Å²) in [6.07, 6.45) is 4.90. The summed E-state index contributed by atoms with van der Waals surface area (Å²) in [7, 11) is 1.86. The molecular formula is C11H19ClN4O. The molecule has 1 aromatic rings. The van der Waals surface area contributed by atoms with E-state index in [2.05, 4.69) is 15.7 Å². The zero-order chi connectivity index (χ0) is 11.5. The van der Waals surface area contributed by atoms with Crippen LogP contribution in [0.4, 0.5) is 5.69 Å². The summed E-state index contributed by atoms with van der Waals surface area (Å²) in [4.78, 5) is 11.9. The van der Waals surface area contributed by atoms with E-state index in [4.69, 9.17) is 0 Å². The number of anilines is 1. The predicted octanol–water partition coefficient (Wildman–Crippen LogP) is 1.23. The molecule has 1 atom stereocenters. The van der Waals surface area contributed by atoms with E-state index in [1.165, 1.54) is 0 Å². The summed E-state index contributed by atoms with van der Waals surface area (Å²) < 4.78 is 1.75. The Morgan fingerprint density at radius 1 is 1.59 bits per heavy atom. The van der Waals surface area contributed by atoms with Gasteiger partial charge in [-0.05, 0) is 26.3 Å². The molecule has 1 aliphatic heterocycles. The first kappa shape index (κ1) is 14.0. The van der Waals surface area contributed by atoms with Gasteiger partial charge in [0.1, 0.15) is 0 Å². The monoisotopic (exact) mass is 258 g/mol. The van der Waals surface area contributed by atoms with Gasteiger partial charge in [-0.15, -0.1) is 12.4 Å². The molecule has 2 rings (SSSR count). The van der Waals surface area contributed by atoms with Crippen molar-refractivity contribution in [3.05, 3.63) is 11.9 Å². The second kappa shape index (κ2) is 6.02. The number of amides is 1. The molecule has 0 radical (unpaired) electrons. The number of hydrogen-bond donors (Lipinski definition) is 2. The minimum Gasteiger partial charge on any atom is -0.322 e. The van der Waals surface area contributed by atoms with E-state index in [0.29, 0.717) is 0 Å². The lowest BCUT2D eigenvalue weighted by molar-refractivity contribution is -0.118. The lowest BCUT2D eigenvalue weighted by atomic mass is 10.0. The second-order valence-electron chi connectivity index (χ2n) is 4.26. The Bertz CT molecular complexity index is 385. The van der Waals surface area contributed by atoms with E-state index in [1.807, 2.05) is 14.0 Å². The molecule has 96 valence electrons. The SMILES string of the molecule is Cc1c(NC(=O)C2CCCCN2)cnn1C.Cl. The van der Waals surface area contributed by atoms with Gasteiger partial charge in [0.2, 0.25) is 5.91 Å². The molecule has 1 aromatic heterocycles. The molecule has 17 heavy (non-hydrogen) atoms. The number of nitrogens with zero attached hydrogens (tertiary/aromatic N) is 2. The molecule has 1 fully saturated rings. The summed E-state index contributed by atoms with van der Waals surface area (Å²) in [6, 6.07) is -0.0478. The third-order valence-corrected chi connectivity index (χ3v) is 3.12. The fourth-order valence-corrected chi connectivity index (χ4v) is 1.92. The van der Waals surface area contributed by atoms with Gasteiger partial charge in [0.25, 0.3) is 0 Å². The Hall–Kier alpha value is -1.07. The third kappa shape index (κ3) is 3.20. The minimum atomic E-state index is -0.0478. The molecule has 0 aromatic carbocycles. The smallest absolute Gasteiger partial charge is 0.241 e. The Morgan fingerprint density at radius 2 is 2.35 bits per heavy atom. The molecule has 0 spiro atoms. The maximum Gasteiger partial charge on any atom is 0.241 e. The third-order valence-electron chi connectivity index (χ3n) is 3.12. The maximum atomic E-state index is 11.9. The lowest BCUT2D eigenvalue weighted by Gasteiger charge is -2.22. The number of halogens is 1. The van der Waals surface area contributed by atoms with Crippen molar-refractivity contribution in [3.8, 4) is 0 Å². The normalized spacial score (nSPS) is 19.5. The van der Waals surface area contributed by atoms with Crippen LogP contribution in [0.5, 0.6) is 0 Å². The Kier molecular flexibility index (Phi) is 4.96. The number of rotatable bonds is 2. The number of carbonyl (C=O) groups is 1. The topological polar surface area (TPSA) is 59.0 Å². The van der Waals surface area contributed by atoms with Crippen LogP contribution in [0, 0.1) is 6.92 Å². The van der Waals surface area contributed by atoms with Crippen LogP contribution in [0.1, 0.15) is 25.0 Å². The first-order chi connectivity index (χ1) is 7.68. The van der Waals surface area contributed by atoms with Gasteiger partial charge >= 0.3 is 0 Å².